The van der Waals surface area contributed by atoms with E-state index in [1.54, 1.807) is 12.1 Å². The van der Waals surface area contributed by atoms with E-state index in [9.17, 15) is 9.65 Å². The summed E-state index contributed by atoms with van der Waals surface area (Å²) in [5.41, 5.74) is 5.10. The molecule has 0 aliphatic carbocycles. The number of hydrogen-bond donors (Lipinski definition) is 1. The summed E-state index contributed by atoms with van der Waals surface area (Å²) in [6.07, 6.45) is 1.82. The maximum Gasteiger partial charge on any atom is 0.149 e. The molecule has 0 fully saturated rings. The number of fused-ring (bicyclic) bond motifs is 1. The van der Waals surface area contributed by atoms with Crippen molar-refractivity contribution in [2.45, 2.75) is 13.5 Å². The number of nitriles is 1. The number of halogens is 3. The topological polar surface area (TPSA) is 61.7 Å². The summed E-state index contributed by atoms with van der Waals surface area (Å²) in [5, 5.41) is 9.71. The Hall–Kier alpha value is -2.45. The van der Waals surface area contributed by atoms with Crippen molar-refractivity contribution in [1.82, 2.24) is 9.97 Å². The van der Waals surface area contributed by atoms with Crippen LogP contribution in [0.2, 0.25) is 0 Å². The number of nitrogens with one attached hydrogen (secondary N) is 1. The number of ether oxygens (including phenoxy) is 1. The minimum atomic E-state index is -0.267. The number of rotatable bonds is 5. The summed E-state index contributed by atoms with van der Waals surface area (Å²) in [6.45, 7) is 2.37. The van der Waals surface area contributed by atoms with E-state index in [1.807, 2.05) is 43.3 Å². The molecule has 31 heavy (non-hydrogen) atoms. The molecule has 3 aromatic carbocycles. The molecule has 4 nitrogen and oxygen atoms in total. The van der Waals surface area contributed by atoms with Crippen LogP contribution in [-0.4, -0.2) is 9.97 Å². The number of imidazole rings is 1. The second-order valence-electron chi connectivity index (χ2n) is 7.00. The molecule has 7 heteroatoms. The van der Waals surface area contributed by atoms with Gasteiger partial charge in [-0.25, -0.2) is 9.37 Å². The number of hydrogen-bond acceptors (Lipinski definition) is 3. The van der Waals surface area contributed by atoms with Gasteiger partial charge in [0.25, 0.3) is 0 Å². The zero-order valence-electron chi connectivity index (χ0n) is 16.4. The van der Waals surface area contributed by atoms with Crippen molar-refractivity contribution in [3.63, 3.8) is 0 Å². The van der Waals surface area contributed by atoms with E-state index >= 15 is 0 Å². The number of aromatic amines is 1. The molecule has 0 saturated carbocycles. The number of aromatic nitrogens is 2. The highest BCUT2D eigenvalue weighted by Gasteiger charge is 2.12. The molecule has 1 aromatic heterocycles. The molecule has 1 heterocycles. The number of aryl methyl sites for hydroxylation is 1. The summed E-state index contributed by atoms with van der Waals surface area (Å²) in [5.74, 6) is 1.04. The number of benzene rings is 3. The van der Waals surface area contributed by atoms with E-state index in [2.05, 4.69) is 61.2 Å². The van der Waals surface area contributed by atoms with Gasteiger partial charge in [0.1, 0.15) is 30.1 Å². The van der Waals surface area contributed by atoms with Crippen molar-refractivity contribution in [1.29, 1.82) is 5.26 Å². The standard InChI is InChI=1S/C24H16FI2N3O/c1-14-2-7-21-22(8-14)30-24(29-21)17(12-28)9-16-10-19(26)23(20(27)11-16)31-13-15-3-5-18(25)6-4-15/h2-11H,13H2,1H3,(H,29,30)/b17-9-. The second kappa shape index (κ2) is 9.36. The van der Waals surface area contributed by atoms with Crippen LogP contribution < -0.4 is 4.74 Å². The van der Waals surface area contributed by atoms with Crippen LogP contribution in [0.3, 0.4) is 0 Å². The SMILES string of the molecule is Cc1ccc2nc(/C(C#N)=C\c3cc(I)c(OCc4ccc(F)cc4)c(I)c3)[nH]c2c1. The predicted molar refractivity (Wildman–Crippen MR) is 137 cm³/mol. The smallest absolute Gasteiger partial charge is 0.149 e. The average molecular weight is 635 g/mol. The molecular formula is C24H16FI2N3O. The maximum absolute atomic E-state index is 13.1. The molecule has 0 atom stereocenters. The van der Waals surface area contributed by atoms with Crippen LogP contribution >= 0.6 is 45.2 Å². The van der Waals surface area contributed by atoms with E-state index < -0.39 is 0 Å². The molecule has 0 radical (unpaired) electrons. The van der Waals surface area contributed by atoms with Crippen LogP contribution in [0.25, 0.3) is 22.7 Å². The second-order valence-corrected chi connectivity index (χ2v) is 9.33. The van der Waals surface area contributed by atoms with Gasteiger partial charge < -0.3 is 9.72 Å². The lowest BCUT2D eigenvalue weighted by Gasteiger charge is -2.12. The Morgan fingerprint density at radius 1 is 1.13 bits per heavy atom. The lowest BCUT2D eigenvalue weighted by atomic mass is 10.1. The first-order chi connectivity index (χ1) is 14.9. The van der Waals surface area contributed by atoms with E-state index in [1.165, 1.54) is 12.1 Å². The minimum absolute atomic E-state index is 0.267. The quantitative estimate of drug-likeness (QED) is 0.193. The van der Waals surface area contributed by atoms with Crippen molar-refractivity contribution in [3.05, 3.63) is 90.1 Å². The molecule has 0 bridgehead atoms. The van der Waals surface area contributed by atoms with Gasteiger partial charge in [-0.15, -0.1) is 0 Å². The van der Waals surface area contributed by atoms with Crippen LogP contribution in [-0.2, 0) is 6.61 Å². The van der Waals surface area contributed by atoms with E-state index in [4.69, 9.17) is 4.74 Å². The largest absolute Gasteiger partial charge is 0.487 e. The van der Waals surface area contributed by atoms with Crippen molar-refractivity contribution in [2.75, 3.05) is 0 Å². The molecule has 4 rings (SSSR count). The van der Waals surface area contributed by atoms with Crippen molar-refractivity contribution >= 4 is 67.9 Å². The van der Waals surface area contributed by atoms with E-state index in [-0.39, 0.29) is 5.82 Å². The summed E-state index contributed by atoms with van der Waals surface area (Å²) < 4.78 is 20.9. The molecular weight excluding hydrogens is 619 g/mol. The third-order valence-electron chi connectivity index (χ3n) is 4.64. The Labute approximate surface area is 206 Å². The fraction of sp³-hybridized carbons (Fsp3) is 0.0833. The van der Waals surface area contributed by atoms with Gasteiger partial charge in [-0.3, -0.25) is 0 Å². The van der Waals surface area contributed by atoms with Crippen LogP contribution in [0.5, 0.6) is 5.75 Å². The highest BCUT2D eigenvalue weighted by molar-refractivity contribution is 14.1. The maximum atomic E-state index is 13.1. The van der Waals surface area contributed by atoms with Gasteiger partial charge in [-0.2, -0.15) is 5.26 Å². The highest BCUT2D eigenvalue weighted by Crippen LogP contribution is 2.31. The molecule has 0 aliphatic heterocycles. The molecule has 0 amide bonds. The third kappa shape index (κ3) is 5.07. The molecule has 0 aliphatic rings. The fourth-order valence-corrected chi connectivity index (χ4v) is 5.24. The minimum Gasteiger partial charge on any atom is -0.487 e. The molecule has 0 spiro atoms. The third-order valence-corrected chi connectivity index (χ3v) is 6.24. The first kappa shape index (κ1) is 21.8. The van der Waals surface area contributed by atoms with Crippen molar-refractivity contribution < 1.29 is 9.13 Å². The Morgan fingerprint density at radius 2 is 1.84 bits per heavy atom. The summed E-state index contributed by atoms with van der Waals surface area (Å²) in [6, 6.07) is 18.4. The van der Waals surface area contributed by atoms with Gasteiger partial charge in [-0.05, 0) is 111 Å². The Bertz CT molecular complexity index is 1310. The van der Waals surface area contributed by atoms with Crippen molar-refractivity contribution in [3.8, 4) is 11.8 Å². The zero-order chi connectivity index (χ0) is 22.0. The normalized spacial score (nSPS) is 11.5. The van der Waals surface area contributed by atoms with Crippen LogP contribution in [0.1, 0.15) is 22.5 Å². The van der Waals surface area contributed by atoms with Gasteiger partial charge in [0, 0.05) is 0 Å². The monoisotopic (exact) mass is 635 g/mol. The van der Waals surface area contributed by atoms with Gasteiger partial charge in [0.15, 0.2) is 0 Å². The van der Waals surface area contributed by atoms with Crippen LogP contribution in [0.15, 0.2) is 54.6 Å². The lowest BCUT2D eigenvalue weighted by molar-refractivity contribution is 0.301. The predicted octanol–water partition coefficient (Wildman–Crippen LogP) is 6.86. The molecule has 0 saturated heterocycles. The Kier molecular flexibility index (Phi) is 6.57. The average Bonchev–Trinajstić information content (AvgIpc) is 3.15. The molecule has 154 valence electrons. The van der Waals surface area contributed by atoms with E-state index in [0.29, 0.717) is 18.0 Å². The van der Waals surface area contributed by atoms with Crippen LogP contribution in [0, 0.1) is 31.2 Å². The van der Waals surface area contributed by atoms with Crippen molar-refractivity contribution in [2.24, 2.45) is 0 Å². The van der Waals surface area contributed by atoms with Gasteiger partial charge in [0.2, 0.25) is 0 Å². The first-order valence-corrected chi connectivity index (χ1v) is 11.5. The molecule has 0 unspecified atom stereocenters. The van der Waals surface area contributed by atoms with E-state index in [0.717, 1.165) is 40.6 Å². The molecule has 4 aromatic rings. The number of nitrogens with zero attached hydrogens (tertiary/aromatic N) is 2. The summed E-state index contributed by atoms with van der Waals surface area (Å²) in [4.78, 5) is 7.78. The Morgan fingerprint density at radius 3 is 2.52 bits per heavy atom. The Balaban J connectivity index is 1.60. The summed E-state index contributed by atoms with van der Waals surface area (Å²) >= 11 is 4.45. The van der Waals surface area contributed by atoms with Crippen LogP contribution in [0.4, 0.5) is 4.39 Å². The summed E-state index contributed by atoms with van der Waals surface area (Å²) in [7, 11) is 0. The lowest BCUT2D eigenvalue weighted by Crippen LogP contribution is -1.99. The number of allylic oxidation sites excluding steroid dienone is 1. The fourth-order valence-electron chi connectivity index (χ4n) is 3.11. The van der Waals surface area contributed by atoms with Gasteiger partial charge >= 0.3 is 0 Å². The molecule has 1 N–H and O–H groups in total. The highest BCUT2D eigenvalue weighted by atomic mass is 127. The zero-order valence-corrected chi connectivity index (χ0v) is 20.7. The number of H-pyrrole nitrogens is 1. The van der Waals surface area contributed by atoms with Gasteiger partial charge in [0.05, 0.1) is 23.7 Å². The van der Waals surface area contributed by atoms with Gasteiger partial charge in [-0.1, -0.05) is 18.2 Å². The first-order valence-electron chi connectivity index (χ1n) is 9.38.